The number of hydrogen-bond donors (Lipinski definition) is 2. The van der Waals surface area contributed by atoms with Crippen molar-refractivity contribution < 1.29 is 4.79 Å². The summed E-state index contributed by atoms with van der Waals surface area (Å²) in [7, 11) is 0. The zero-order valence-corrected chi connectivity index (χ0v) is 11.2. The van der Waals surface area contributed by atoms with Crippen LogP contribution < -0.4 is 10.6 Å². The van der Waals surface area contributed by atoms with Crippen LogP contribution in [0.4, 0.5) is 10.5 Å². The molecule has 1 aliphatic heterocycles. The van der Waals surface area contributed by atoms with E-state index in [0.29, 0.717) is 17.6 Å². The van der Waals surface area contributed by atoms with E-state index in [0.717, 1.165) is 25.2 Å². The van der Waals surface area contributed by atoms with Gasteiger partial charge in [-0.25, -0.2) is 4.79 Å². The Kier molecular flexibility index (Phi) is 4.44. The minimum absolute atomic E-state index is 0.0477. The molecule has 0 bridgehead atoms. The van der Waals surface area contributed by atoms with Crippen molar-refractivity contribution in [3.05, 3.63) is 29.3 Å². The molecule has 5 heteroatoms. The van der Waals surface area contributed by atoms with Crippen LogP contribution in [-0.4, -0.2) is 36.6 Å². The second kappa shape index (κ2) is 6.07. The number of carbonyl (C=O) groups excluding carboxylic acids is 1. The molecule has 0 saturated carbocycles. The van der Waals surface area contributed by atoms with E-state index in [4.69, 9.17) is 11.6 Å². The summed E-state index contributed by atoms with van der Waals surface area (Å²) in [6, 6.07) is 7.40. The smallest absolute Gasteiger partial charge is 0.321 e. The second-order valence-electron chi connectivity index (χ2n) is 4.37. The largest absolute Gasteiger partial charge is 0.322 e. The number of benzene rings is 1. The zero-order valence-electron chi connectivity index (χ0n) is 10.4. The van der Waals surface area contributed by atoms with E-state index in [9.17, 15) is 4.79 Å². The molecular weight excluding hydrogens is 250 g/mol. The Bertz CT molecular complexity index is 401. The fraction of sp³-hybridized carbons (Fsp3) is 0.462. The molecule has 0 aromatic heterocycles. The highest BCUT2D eigenvalue weighted by Gasteiger charge is 2.25. The monoisotopic (exact) mass is 267 g/mol. The van der Waals surface area contributed by atoms with Gasteiger partial charge < -0.3 is 15.5 Å². The SMILES string of the molecule is CCN(C(=O)Nc1ccc(Cl)cc1)C1CCNC1. The van der Waals surface area contributed by atoms with Crippen LogP contribution in [0.3, 0.4) is 0 Å². The first kappa shape index (κ1) is 13.2. The maximum atomic E-state index is 12.2. The van der Waals surface area contributed by atoms with Crippen LogP contribution >= 0.6 is 11.6 Å². The van der Waals surface area contributed by atoms with Crippen LogP contribution in [0.5, 0.6) is 0 Å². The minimum atomic E-state index is -0.0477. The summed E-state index contributed by atoms with van der Waals surface area (Å²) < 4.78 is 0. The molecular formula is C13H18ClN3O. The third-order valence-corrected chi connectivity index (χ3v) is 3.42. The van der Waals surface area contributed by atoms with Crippen molar-refractivity contribution in [1.29, 1.82) is 0 Å². The highest BCUT2D eigenvalue weighted by molar-refractivity contribution is 6.30. The van der Waals surface area contributed by atoms with Gasteiger partial charge in [0.05, 0.1) is 0 Å². The lowest BCUT2D eigenvalue weighted by atomic mass is 10.2. The highest BCUT2D eigenvalue weighted by Crippen LogP contribution is 2.15. The van der Waals surface area contributed by atoms with Gasteiger partial charge in [-0.15, -0.1) is 0 Å². The van der Waals surface area contributed by atoms with Gasteiger partial charge in [0.15, 0.2) is 0 Å². The average Bonchev–Trinajstić information content (AvgIpc) is 2.87. The van der Waals surface area contributed by atoms with Gasteiger partial charge in [-0.2, -0.15) is 0 Å². The van der Waals surface area contributed by atoms with Crippen molar-refractivity contribution >= 4 is 23.3 Å². The number of nitrogens with one attached hydrogen (secondary N) is 2. The Labute approximate surface area is 112 Å². The molecule has 98 valence electrons. The van der Waals surface area contributed by atoms with Crippen molar-refractivity contribution in [3.63, 3.8) is 0 Å². The number of nitrogens with zero attached hydrogens (tertiary/aromatic N) is 1. The molecule has 2 N–H and O–H groups in total. The molecule has 0 radical (unpaired) electrons. The molecule has 18 heavy (non-hydrogen) atoms. The molecule has 1 aromatic carbocycles. The number of anilines is 1. The van der Waals surface area contributed by atoms with Gasteiger partial charge in [-0.05, 0) is 44.2 Å². The number of urea groups is 1. The number of hydrogen-bond acceptors (Lipinski definition) is 2. The summed E-state index contributed by atoms with van der Waals surface area (Å²) in [6.45, 7) is 4.57. The molecule has 1 saturated heterocycles. The average molecular weight is 268 g/mol. The molecule has 2 amide bonds. The van der Waals surface area contributed by atoms with E-state index < -0.39 is 0 Å². The van der Waals surface area contributed by atoms with Gasteiger partial charge in [0.25, 0.3) is 0 Å². The van der Waals surface area contributed by atoms with Gasteiger partial charge in [0, 0.05) is 29.8 Å². The van der Waals surface area contributed by atoms with Gasteiger partial charge in [0.2, 0.25) is 0 Å². The first-order valence-electron chi connectivity index (χ1n) is 6.24. The van der Waals surface area contributed by atoms with E-state index in [1.807, 2.05) is 11.8 Å². The standard InChI is InChI=1S/C13H18ClN3O/c1-2-17(12-7-8-15-9-12)13(18)16-11-5-3-10(14)4-6-11/h3-6,12,15H,2,7-9H2,1H3,(H,16,18). The summed E-state index contributed by atoms with van der Waals surface area (Å²) in [6.07, 6.45) is 1.02. The highest BCUT2D eigenvalue weighted by atomic mass is 35.5. The first-order valence-corrected chi connectivity index (χ1v) is 6.62. The quantitative estimate of drug-likeness (QED) is 0.884. The van der Waals surface area contributed by atoms with E-state index in [2.05, 4.69) is 10.6 Å². The van der Waals surface area contributed by atoms with Gasteiger partial charge in [-0.3, -0.25) is 0 Å². The molecule has 0 spiro atoms. The first-order chi connectivity index (χ1) is 8.70. The third-order valence-electron chi connectivity index (χ3n) is 3.17. The van der Waals surface area contributed by atoms with E-state index in [-0.39, 0.29) is 6.03 Å². The Balaban J connectivity index is 1.98. The second-order valence-corrected chi connectivity index (χ2v) is 4.81. The van der Waals surface area contributed by atoms with Crippen molar-refractivity contribution in [2.75, 3.05) is 25.0 Å². The lowest BCUT2D eigenvalue weighted by Gasteiger charge is -2.27. The number of rotatable bonds is 3. The van der Waals surface area contributed by atoms with Crippen LogP contribution in [0, 0.1) is 0 Å². The molecule has 2 rings (SSSR count). The summed E-state index contributed by atoms with van der Waals surface area (Å²) in [5.41, 5.74) is 0.772. The Morgan fingerprint density at radius 2 is 2.22 bits per heavy atom. The van der Waals surface area contributed by atoms with Crippen molar-refractivity contribution in [3.8, 4) is 0 Å². The summed E-state index contributed by atoms with van der Waals surface area (Å²) in [5.74, 6) is 0. The minimum Gasteiger partial charge on any atom is -0.321 e. The lowest BCUT2D eigenvalue weighted by Crippen LogP contribution is -2.43. The fourth-order valence-corrected chi connectivity index (χ4v) is 2.33. The predicted molar refractivity (Wildman–Crippen MR) is 74.1 cm³/mol. The number of halogens is 1. The van der Waals surface area contributed by atoms with Gasteiger partial charge in [-0.1, -0.05) is 11.6 Å². The number of amides is 2. The van der Waals surface area contributed by atoms with Crippen molar-refractivity contribution in [2.45, 2.75) is 19.4 Å². The number of carbonyl (C=O) groups is 1. The van der Waals surface area contributed by atoms with Crippen LogP contribution in [0.1, 0.15) is 13.3 Å². The van der Waals surface area contributed by atoms with Gasteiger partial charge >= 0.3 is 6.03 Å². The molecule has 1 aromatic rings. The van der Waals surface area contributed by atoms with Crippen LogP contribution in [0.2, 0.25) is 5.02 Å². The van der Waals surface area contributed by atoms with Crippen molar-refractivity contribution in [2.24, 2.45) is 0 Å². The van der Waals surface area contributed by atoms with Gasteiger partial charge in [0.1, 0.15) is 0 Å². The Morgan fingerprint density at radius 3 is 2.78 bits per heavy atom. The van der Waals surface area contributed by atoms with E-state index >= 15 is 0 Å². The lowest BCUT2D eigenvalue weighted by molar-refractivity contribution is 0.196. The molecule has 0 aliphatic carbocycles. The maximum absolute atomic E-state index is 12.2. The normalized spacial score (nSPS) is 18.7. The fourth-order valence-electron chi connectivity index (χ4n) is 2.20. The predicted octanol–water partition coefficient (Wildman–Crippen LogP) is 2.56. The number of likely N-dealkylation sites (N-methyl/N-ethyl adjacent to an activating group) is 1. The van der Waals surface area contributed by atoms with E-state index in [1.165, 1.54) is 0 Å². The van der Waals surface area contributed by atoms with Crippen LogP contribution in [-0.2, 0) is 0 Å². The summed E-state index contributed by atoms with van der Waals surface area (Å²) in [5, 5.41) is 6.84. The summed E-state index contributed by atoms with van der Waals surface area (Å²) in [4.78, 5) is 14.0. The summed E-state index contributed by atoms with van der Waals surface area (Å²) >= 11 is 5.81. The Hall–Kier alpha value is -1.26. The molecule has 1 fully saturated rings. The van der Waals surface area contributed by atoms with Crippen LogP contribution in [0.15, 0.2) is 24.3 Å². The molecule has 1 unspecified atom stereocenters. The topological polar surface area (TPSA) is 44.4 Å². The maximum Gasteiger partial charge on any atom is 0.322 e. The molecule has 4 nitrogen and oxygen atoms in total. The zero-order chi connectivity index (χ0) is 13.0. The third kappa shape index (κ3) is 3.15. The van der Waals surface area contributed by atoms with Crippen molar-refractivity contribution in [1.82, 2.24) is 10.2 Å². The van der Waals surface area contributed by atoms with Crippen LogP contribution in [0.25, 0.3) is 0 Å². The van der Waals surface area contributed by atoms with E-state index in [1.54, 1.807) is 24.3 Å². The molecule has 1 atom stereocenters. The molecule has 1 aliphatic rings. The Morgan fingerprint density at radius 1 is 1.50 bits per heavy atom. The molecule has 1 heterocycles.